The minimum atomic E-state index is -3.75. The first-order valence-electron chi connectivity index (χ1n) is 5.86. The van der Waals surface area contributed by atoms with Gasteiger partial charge in [-0.3, -0.25) is 4.79 Å². The molecular formula is C11H13N3O3S. The maximum atomic E-state index is 12.2. The molecule has 0 aliphatic carbocycles. The number of rotatable bonds is 2. The van der Waals surface area contributed by atoms with Crippen molar-refractivity contribution in [1.29, 1.82) is 0 Å². The summed E-state index contributed by atoms with van der Waals surface area (Å²) in [6, 6.07) is 3.13. The molecule has 3 heterocycles. The molecule has 0 radical (unpaired) electrons. The fourth-order valence-electron chi connectivity index (χ4n) is 2.40. The Labute approximate surface area is 105 Å². The molecule has 1 atom stereocenters. The van der Waals surface area contributed by atoms with E-state index in [1.54, 1.807) is 6.07 Å². The first-order chi connectivity index (χ1) is 8.60. The van der Waals surface area contributed by atoms with Crippen LogP contribution < -0.4 is 5.32 Å². The molecule has 3 rings (SSSR count). The van der Waals surface area contributed by atoms with Gasteiger partial charge in [0.1, 0.15) is 0 Å². The molecule has 0 bridgehead atoms. The van der Waals surface area contributed by atoms with E-state index in [0.29, 0.717) is 0 Å². The minimum absolute atomic E-state index is 0.0537. The Kier molecular flexibility index (Phi) is 2.60. The highest BCUT2D eigenvalue weighted by Gasteiger charge is 2.43. The van der Waals surface area contributed by atoms with Crippen molar-refractivity contribution >= 4 is 15.9 Å². The van der Waals surface area contributed by atoms with Gasteiger partial charge in [-0.2, -0.15) is 8.42 Å². The highest BCUT2D eigenvalue weighted by atomic mass is 32.2. The quantitative estimate of drug-likeness (QED) is 0.814. The molecule has 1 fully saturated rings. The van der Waals surface area contributed by atoms with Crippen molar-refractivity contribution in [3.05, 3.63) is 23.9 Å². The fraction of sp³-hybridized carbons (Fsp3) is 0.455. The van der Waals surface area contributed by atoms with Crippen molar-refractivity contribution in [2.75, 3.05) is 13.1 Å². The number of sulfonamides is 1. The summed E-state index contributed by atoms with van der Waals surface area (Å²) in [4.78, 5) is 15.9. The van der Waals surface area contributed by atoms with E-state index in [1.165, 1.54) is 12.3 Å². The molecule has 1 aromatic heterocycles. The second kappa shape index (κ2) is 4.03. The van der Waals surface area contributed by atoms with Crippen LogP contribution >= 0.6 is 0 Å². The predicted octanol–water partition coefficient (Wildman–Crippen LogP) is -0.0219. The summed E-state index contributed by atoms with van der Waals surface area (Å²) in [6.07, 6.45) is 3.29. The largest absolute Gasteiger partial charge is 0.312 e. The Balaban J connectivity index is 1.96. The Morgan fingerprint density at radius 3 is 3.00 bits per heavy atom. The van der Waals surface area contributed by atoms with Crippen molar-refractivity contribution in [3.63, 3.8) is 0 Å². The highest BCUT2D eigenvalue weighted by Crippen LogP contribution is 2.28. The average molecular weight is 267 g/mol. The van der Waals surface area contributed by atoms with Gasteiger partial charge in [-0.1, -0.05) is 0 Å². The molecule has 2 aliphatic heterocycles. The zero-order chi connectivity index (χ0) is 12.8. The summed E-state index contributed by atoms with van der Waals surface area (Å²) in [5.74, 6) is -0.466. The third kappa shape index (κ3) is 1.62. The Bertz CT molecular complexity index is 593. The number of pyridine rings is 1. The number of amides is 1. The number of carbonyl (C=O) groups is 1. The van der Waals surface area contributed by atoms with Gasteiger partial charge in [-0.15, -0.1) is 0 Å². The molecular weight excluding hydrogens is 254 g/mol. The van der Waals surface area contributed by atoms with Gasteiger partial charge in [0.05, 0.1) is 12.1 Å². The van der Waals surface area contributed by atoms with Gasteiger partial charge < -0.3 is 5.32 Å². The van der Waals surface area contributed by atoms with Crippen molar-refractivity contribution in [3.8, 4) is 0 Å². The molecule has 18 heavy (non-hydrogen) atoms. The van der Waals surface area contributed by atoms with Crippen LogP contribution in [-0.2, 0) is 10.0 Å². The molecule has 0 saturated carbocycles. The van der Waals surface area contributed by atoms with Gasteiger partial charge in [-0.05, 0) is 31.5 Å². The van der Waals surface area contributed by atoms with Crippen molar-refractivity contribution in [2.24, 2.45) is 0 Å². The molecule has 96 valence electrons. The topological polar surface area (TPSA) is 79.4 Å². The van der Waals surface area contributed by atoms with E-state index < -0.39 is 15.9 Å². The smallest absolute Gasteiger partial charge is 0.285 e. The maximum Gasteiger partial charge on any atom is 0.285 e. The first-order valence-corrected chi connectivity index (χ1v) is 7.30. The Morgan fingerprint density at radius 2 is 2.33 bits per heavy atom. The third-order valence-corrected chi connectivity index (χ3v) is 5.02. The standard InChI is InChI=1S/C11H13N3O3S/c15-11-9-4-2-6-13-10(9)18(16,17)14(11)7-8-3-1-5-12-8/h2,4,6,8,12H,1,3,5,7H2. The van der Waals surface area contributed by atoms with Crippen LogP contribution in [0, 0.1) is 0 Å². The van der Waals surface area contributed by atoms with Gasteiger partial charge in [0, 0.05) is 12.2 Å². The summed E-state index contributed by atoms with van der Waals surface area (Å²) >= 11 is 0. The van der Waals surface area contributed by atoms with Crippen LogP contribution in [-0.4, -0.2) is 42.7 Å². The van der Waals surface area contributed by atoms with E-state index in [2.05, 4.69) is 10.3 Å². The lowest BCUT2D eigenvalue weighted by Gasteiger charge is -2.19. The van der Waals surface area contributed by atoms with Crippen LogP contribution in [0.1, 0.15) is 23.2 Å². The number of aromatic nitrogens is 1. The fourth-order valence-corrected chi connectivity index (χ4v) is 3.93. The molecule has 1 aromatic rings. The van der Waals surface area contributed by atoms with E-state index in [0.717, 1.165) is 23.7 Å². The summed E-state index contributed by atoms with van der Waals surface area (Å²) in [5, 5.41) is 3.07. The molecule has 1 amide bonds. The van der Waals surface area contributed by atoms with Gasteiger partial charge in [0.25, 0.3) is 15.9 Å². The first kappa shape index (κ1) is 11.6. The van der Waals surface area contributed by atoms with Gasteiger partial charge in [0.15, 0.2) is 5.03 Å². The summed E-state index contributed by atoms with van der Waals surface area (Å²) in [5.41, 5.74) is 0.176. The Morgan fingerprint density at radius 1 is 1.50 bits per heavy atom. The van der Waals surface area contributed by atoms with Crippen LogP contribution in [0.2, 0.25) is 0 Å². The average Bonchev–Trinajstić information content (AvgIpc) is 2.93. The van der Waals surface area contributed by atoms with E-state index in [-0.39, 0.29) is 23.2 Å². The molecule has 7 heteroatoms. The molecule has 2 aliphatic rings. The van der Waals surface area contributed by atoms with E-state index in [1.807, 2.05) is 0 Å². The summed E-state index contributed by atoms with van der Waals surface area (Å²) in [7, 11) is -3.75. The van der Waals surface area contributed by atoms with Gasteiger partial charge in [0.2, 0.25) is 0 Å². The lowest BCUT2D eigenvalue weighted by atomic mass is 10.2. The second-order valence-corrected chi connectivity index (χ2v) is 6.27. The molecule has 0 spiro atoms. The van der Waals surface area contributed by atoms with Crippen molar-refractivity contribution in [2.45, 2.75) is 23.9 Å². The molecule has 1 N–H and O–H groups in total. The van der Waals surface area contributed by atoms with Crippen LogP contribution in [0.4, 0.5) is 0 Å². The molecule has 0 aromatic carbocycles. The minimum Gasteiger partial charge on any atom is -0.312 e. The number of carbonyl (C=O) groups excluding carboxylic acids is 1. The maximum absolute atomic E-state index is 12.2. The second-order valence-electron chi connectivity index (χ2n) is 4.49. The van der Waals surface area contributed by atoms with E-state index in [9.17, 15) is 13.2 Å². The highest BCUT2D eigenvalue weighted by molar-refractivity contribution is 7.90. The third-order valence-electron chi connectivity index (χ3n) is 3.31. The molecule has 1 saturated heterocycles. The zero-order valence-corrected chi connectivity index (χ0v) is 10.5. The molecule has 1 unspecified atom stereocenters. The van der Waals surface area contributed by atoms with Gasteiger partial charge >= 0.3 is 0 Å². The number of fused-ring (bicyclic) bond motifs is 1. The normalized spacial score (nSPS) is 25.4. The summed E-state index contributed by atoms with van der Waals surface area (Å²) < 4.78 is 25.3. The lowest BCUT2D eigenvalue weighted by molar-refractivity contribution is 0.0864. The van der Waals surface area contributed by atoms with E-state index in [4.69, 9.17) is 0 Å². The van der Waals surface area contributed by atoms with Crippen LogP contribution in [0.3, 0.4) is 0 Å². The van der Waals surface area contributed by atoms with Crippen LogP contribution in [0.25, 0.3) is 0 Å². The molecule has 6 nitrogen and oxygen atoms in total. The van der Waals surface area contributed by atoms with Crippen LogP contribution in [0.15, 0.2) is 23.4 Å². The number of hydrogen-bond acceptors (Lipinski definition) is 5. The SMILES string of the molecule is O=C1c2cccnc2S(=O)(=O)N1CC1CCCN1. The number of nitrogens with zero attached hydrogens (tertiary/aromatic N) is 2. The summed E-state index contributed by atoms with van der Waals surface area (Å²) in [6.45, 7) is 1.06. The lowest BCUT2D eigenvalue weighted by Crippen LogP contribution is -2.40. The predicted molar refractivity (Wildman–Crippen MR) is 63.5 cm³/mol. The van der Waals surface area contributed by atoms with Gasteiger partial charge in [-0.25, -0.2) is 9.29 Å². The van der Waals surface area contributed by atoms with Crippen molar-refractivity contribution < 1.29 is 13.2 Å². The van der Waals surface area contributed by atoms with Crippen molar-refractivity contribution in [1.82, 2.24) is 14.6 Å². The Hall–Kier alpha value is -1.47. The monoisotopic (exact) mass is 267 g/mol. The van der Waals surface area contributed by atoms with Crippen LogP contribution in [0.5, 0.6) is 0 Å². The number of hydrogen-bond donors (Lipinski definition) is 1. The van der Waals surface area contributed by atoms with E-state index >= 15 is 0 Å². The number of nitrogens with one attached hydrogen (secondary N) is 1. The zero-order valence-electron chi connectivity index (χ0n) is 9.67.